The van der Waals surface area contributed by atoms with E-state index in [1.807, 2.05) is 24.3 Å². The van der Waals surface area contributed by atoms with Gasteiger partial charge in [0, 0.05) is 5.56 Å². The van der Waals surface area contributed by atoms with Crippen LogP contribution in [0.1, 0.15) is 36.5 Å². The number of hydrogen-bond acceptors (Lipinski definition) is 3. The Morgan fingerprint density at radius 2 is 1.75 bits per heavy atom. The molecule has 24 heavy (non-hydrogen) atoms. The van der Waals surface area contributed by atoms with Crippen molar-refractivity contribution >= 4 is 41.1 Å². The molecule has 0 fully saturated rings. The lowest BCUT2D eigenvalue weighted by molar-refractivity contribution is -0.129. The predicted octanol–water partition coefficient (Wildman–Crippen LogP) is 5.46. The predicted molar refractivity (Wildman–Crippen MR) is 97.6 cm³/mol. The van der Waals surface area contributed by atoms with E-state index in [2.05, 4.69) is 18.8 Å². The molecule has 3 rings (SSSR count). The molecule has 0 unspecified atom stereocenters. The first kappa shape index (κ1) is 16.7. The summed E-state index contributed by atoms with van der Waals surface area (Å²) in [7, 11) is 0. The maximum absolute atomic E-state index is 12.0. The quantitative estimate of drug-likeness (QED) is 0.538. The molecule has 5 heteroatoms. The van der Waals surface area contributed by atoms with Crippen LogP contribution in [0.15, 0.2) is 53.2 Å². The Balaban J connectivity index is 1.89. The van der Waals surface area contributed by atoms with Crippen LogP contribution in [0.2, 0.25) is 10.0 Å². The summed E-state index contributed by atoms with van der Waals surface area (Å²) in [5, 5.41) is 0.820. The van der Waals surface area contributed by atoms with Crippen LogP contribution in [-0.2, 0) is 9.53 Å². The number of hydrogen-bond donors (Lipinski definition) is 0. The number of ether oxygens (including phenoxy) is 1. The van der Waals surface area contributed by atoms with Crippen molar-refractivity contribution in [2.24, 2.45) is 4.99 Å². The summed E-state index contributed by atoms with van der Waals surface area (Å²) >= 11 is 11.9. The first-order valence-corrected chi connectivity index (χ1v) is 8.27. The second-order valence-corrected chi connectivity index (χ2v) is 6.60. The van der Waals surface area contributed by atoms with Gasteiger partial charge in [0.05, 0.1) is 10.0 Å². The number of benzene rings is 2. The molecule has 0 amide bonds. The zero-order valence-electron chi connectivity index (χ0n) is 13.2. The van der Waals surface area contributed by atoms with Crippen molar-refractivity contribution in [3.8, 4) is 0 Å². The van der Waals surface area contributed by atoms with Gasteiger partial charge in [0.15, 0.2) is 5.70 Å². The second kappa shape index (κ2) is 6.80. The Bertz CT molecular complexity index is 852. The lowest BCUT2D eigenvalue weighted by atomic mass is 10.0. The standard InChI is InChI=1S/C19H15Cl2NO2/c1-11(2)13-5-3-12(4-6-13)9-17-19(23)24-18(22-17)14-7-8-15(20)16(21)10-14/h3-11H,1-2H3. The fourth-order valence-electron chi connectivity index (χ4n) is 2.30. The van der Waals surface area contributed by atoms with E-state index in [0.717, 1.165) is 5.56 Å². The topological polar surface area (TPSA) is 38.7 Å². The Morgan fingerprint density at radius 1 is 1.04 bits per heavy atom. The number of rotatable bonds is 3. The van der Waals surface area contributed by atoms with Crippen LogP contribution in [0.25, 0.3) is 6.08 Å². The van der Waals surface area contributed by atoms with E-state index >= 15 is 0 Å². The summed E-state index contributed by atoms with van der Waals surface area (Å²) in [5.74, 6) is 0.204. The summed E-state index contributed by atoms with van der Waals surface area (Å²) in [6, 6.07) is 13.0. The molecule has 1 heterocycles. The van der Waals surface area contributed by atoms with Gasteiger partial charge >= 0.3 is 5.97 Å². The van der Waals surface area contributed by atoms with Gasteiger partial charge in [0.1, 0.15) is 0 Å². The number of carbonyl (C=O) groups excluding carboxylic acids is 1. The molecule has 1 aliphatic rings. The van der Waals surface area contributed by atoms with Gasteiger partial charge in [-0.15, -0.1) is 0 Å². The van der Waals surface area contributed by atoms with Crippen LogP contribution in [0.5, 0.6) is 0 Å². The average molecular weight is 360 g/mol. The van der Waals surface area contributed by atoms with E-state index in [0.29, 0.717) is 21.5 Å². The smallest absolute Gasteiger partial charge is 0.363 e. The number of esters is 1. The summed E-state index contributed by atoms with van der Waals surface area (Å²) in [5.41, 5.74) is 3.00. The number of cyclic esters (lactones) is 1. The summed E-state index contributed by atoms with van der Waals surface area (Å²) < 4.78 is 5.23. The minimum Gasteiger partial charge on any atom is -0.402 e. The van der Waals surface area contributed by atoms with Crippen molar-refractivity contribution in [3.63, 3.8) is 0 Å². The zero-order chi connectivity index (χ0) is 17.3. The minimum absolute atomic E-state index is 0.226. The van der Waals surface area contributed by atoms with Gasteiger partial charge in [0.25, 0.3) is 0 Å². The second-order valence-electron chi connectivity index (χ2n) is 5.79. The molecule has 0 aliphatic carbocycles. The van der Waals surface area contributed by atoms with E-state index in [9.17, 15) is 4.79 Å². The summed E-state index contributed by atoms with van der Waals surface area (Å²) in [6.45, 7) is 4.27. The highest BCUT2D eigenvalue weighted by molar-refractivity contribution is 6.42. The molecule has 3 nitrogen and oxygen atoms in total. The Kier molecular flexibility index (Phi) is 4.74. The third-order valence-corrected chi connectivity index (χ3v) is 4.43. The minimum atomic E-state index is -0.482. The third-order valence-electron chi connectivity index (χ3n) is 3.69. The molecule has 0 radical (unpaired) electrons. The Labute approximate surface area is 150 Å². The van der Waals surface area contributed by atoms with Gasteiger partial charge < -0.3 is 4.74 Å². The van der Waals surface area contributed by atoms with Gasteiger partial charge in [-0.3, -0.25) is 0 Å². The number of carbonyl (C=O) groups is 1. The van der Waals surface area contributed by atoms with Crippen molar-refractivity contribution < 1.29 is 9.53 Å². The summed E-state index contributed by atoms with van der Waals surface area (Å²) in [4.78, 5) is 16.3. The normalized spacial score (nSPS) is 15.8. The number of nitrogens with zero attached hydrogens (tertiary/aromatic N) is 1. The average Bonchev–Trinajstić information content (AvgIpc) is 2.91. The molecule has 0 N–H and O–H groups in total. The lowest BCUT2D eigenvalue weighted by Gasteiger charge is -2.04. The fraction of sp³-hybridized carbons (Fsp3) is 0.158. The highest BCUT2D eigenvalue weighted by Gasteiger charge is 2.24. The zero-order valence-corrected chi connectivity index (χ0v) is 14.7. The molecular formula is C19H15Cl2NO2. The monoisotopic (exact) mass is 359 g/mol. The van der Waals surface area contributed by atoms with Gasteiger partial charge in [-0.05, 0) is 41.3 Å². The van der Waals surface area contributed by atoms with Crippen molar-refractivity contribution in [2.45, 2.75) is 19.8 Å². The Morgan fingerprint density at radius 3 is 2.38 bits per heavy atom. The molecule has 2 aromatic rings. The van der Waals surface area contributed by atoms with Crippen molar-refractivity contribution in [3.05, 3.63) is 74.9 Å². The summed E-state index contributed by atoms with van der Waals surface area (Å²) in [6.07, 6.45) is 1.71. The van der Waals surface area contributed by atoms with Gasteiger partial charge in [-0.1, -0.05) is 61.3 Å². The van der Waals surface area contributed by atoms with E-state index < -0.39 is 5.97 Å². The van der Waals surface area contributed by atoms with Gasteiger partial charge in [-0.25, -0.2) is 9.79 Å². The maximum atomic E-state index is 12.0. The van der Waals surface area contributed by atoms with Crippen LogP contribution < -0.4 is 0 Å². The number of aliphatic imine (C=N–C) groups is 1. The molecule has 0 aromatic heterocycles. The van der Waals surface area contributed by atoms with E-state index in [4.69, 9.17) is 27.9 Å². The lowest BCUT2D eigenvalue weighted by Crippen LogP contribution is -2.05. The highest BCUT2D eigenvalue weighted by Crippen LogP contribution is 2.26. The number of halogens is 2. The maximum Gasteiger partial charge on any atom is 0.363 e. The van der Waals surface area contributed by atoms with Crippen LogP contribution in [0, 0.1) is 0 Å². The van der Waals surface area contributed by atoms with Crippen molar-refractivity contribution in [1.29, 1.82) is 0 Å². The van der Waals surface area contributed by atoms with Crippen LogP contribution in [0.4, 0.5) is 0 Å². The van der Waals surface area contributed by atoms with E-state index in [1.54, 1.807) is 24.3 Å². The van der Waals surface area contributed by atoms with E-state index in [1.165, 1.54) is 5.56 Å². The van der Waals surface area contributed by atoms with Crippen molar-refractivity contribution in [1.82, 2.24) is 0 Å². The van der Waals surface area contributed by atoms with Crippen LogP contribution >= 0.6 is 23.2 Å². The molecule has 2 aromatic carbocycles. The molecule has 0 saturated heterocycles. The largest absolute Gasteiger partial charge is 0.402 e. The fourth-order valence-corrected chi connectivity index (χ4v) is 2.59. The molecular weight excluding hydrogens is 345 g/mol. The Hall–Kier alpha value is -2.10. The first-order valence-electron chi connectivity index (χ1n) is 7.52. The molecule has 0 spiro atoms. The first-order chi connectivity index (χ1) is 11.4. The molecule has 1 aliphatic heterocycles. The van der Waals surface area contributed by atoms with E-state index in [-0.39, 0.29) is 11.6 Å². The van der Waals surface area contributed by atoms with Gasteiger partial charge in [0.2, 0.25) is 5.90 Å². The molecule has 122 valence electrons. The highest BCUT2D eigenvalue weighted by atomic mass is 35.5. The molecule has 0 bridgehead atoms. The van der Waals surface area contributed by atoms with Crippen molar-refractivity contribution in [2.75, 3.05) is 0 Å². The molecule has 0 atom stereocenters. The van der Waals surface area contributed by atoms with Gasteiger partial charge in [-0.2, -0.15) is 0 Å². The third kappa shape index (κ3) is 3.53. The van der Waals surface area contributed by atoms with Crippen LogP contribution in [-0.4, -0.2) is 11.9 Å². The SMILES string of the molecule is CC(C)c1ccc(C=C2N=C(c3ccc(Cl)c(Cl)c3)OC2=O)cc1. The molecule has 0 saturated carbocycles. The van der Waals surface area contributed by atoms with Crippen LogP contribution in [0.3, 0.4) is 0 Å².